The van der Waals surface area contributed by atoms with Crippen LogP contribution in [0.3, 0.4) is 0 Å². The summed E-state index contributed by atoms with van der Waals surface area (Å²) < 4.78 is 7.51. The van der Waals surface area contributed by atoms with E-state index in [2.05, 4.69) is 16.7 Å². The van der Waals surface area contributed by atoms with Crippen molar-refractivity contribution in [1.29, 1.82) is 0 Å². The minimum Gasteiger partial charge on any atom is -0.381 e. The molecule has 4 nitrogen and oxygen atoms in total. The van der Waals surface area contributed by atoms with Crippen molar-refractivity contribution in [3.63, 3.8) is 0 Å². The summed E-state index contributed by atoms with van der Waals surface area (Å²) in [6.45, 7) is 5.17. The van der Waals surface area contributed by atoms with Crippen LogP contribution in [0.1, 0.15) is 37.8 Å². The highest BCUT2D eigenvalue weighted by Crippen LogP contribution is 2.21. The number of aryl methyl sites for hydroxylation is 1. The molecule has 1 saturated heterocycles. The first kappa shape index (κ1) is 11.2. The summed E-state index contributed by atoms with van der Waals surface area (Å²) >= 11 is 0. The fourth-order valence-corrected chi connectivity index (χ4v) is 2.81. The van der Waals surface area contributed by atoms with Crippen LogP contribution in [0, 0.1) is 11.8 Å². The first-order valence-corrected chi connectivity index (χ1v) is 6.81. The zero-order valence-corrected chi connectivity index (χ0v) is 10.6. The Balaban J connectivity index is 1.67. The van der Waals surface area contributed by atoms with Crippen molar-refractivity contribution in [2.24, 2.45) is 11.8 Å². The third kappa shape index (κ3) is 2.51. The Morgan fingerprint density at radius 3 is 2.94 bits per heavy atom. The lowest BCUT2D eigenvalue weighted by Gasteiger charge is -2.20. The minimum atomic E-state index is 0.727. The summed E-state index contributed by atoms with van der Waals surface area (Å²) in [7, 11) is 0. The Labute approximate surface area is 102 Å². The van der Waals surface area contributed by atoms with Gasteiger partial charge in [0.1, 0.15) is 5.82 Å². The molecule has 94 valence electrons. The molecule has 3 rings (SSSR count). The fraction of sp³-hybridized carbons (Fsp3) is 0.846. The van der Waals surface area contributed by atoms with Crippen LogP contribution < -0.4 is 0 Å². The van der Waals surface area contributed by atoms with E-state index < -0.39 is 0 Å². The molecule has 2 aliphatic heterocycles. The van der Waals surface area contributed by atoms with Gasteiger partial charge < -0.3 is 4.74 Å². The Bertz CT molecular complexity index is 382. The van der Waals surface area contributed by atoms with Gasteiger partial charge in [0, 0.05) is 32.6 Å². The van der Waals surface area contributed by atoms with E-state index in [4.69, 9.17) is 9.72 Å². The van der Waals surface area contributed by atoms with Gasteiger partial charge in [0.05, 0.1) is 0 Å². The molecule has 0 saturated carbocycles. The number of rotatable bonds is 2. The molecule has 17 heavy (non-hydrogen) atoms. The standard InChI is InChI=1S/C13H21N3O/c1-10-2-3-13-14-12(15-16(13)9-10)8-11-4-6-17-7-5-11/h10-11H,2-9H2,1H3. The largest absolute Gasteiger partial charge is 0.381 e. The van der Waals surface area contributed by atoms with Gasteiger partial charge in [0.2, 0.25) is 0 Å². The highest BCUT2D eigenvalue weighted by molar-refractivity contribution is 4.97. The molecule has 1 unspecified atom stereocenters. The maximum atomic E-state index is 5.39. The molecule has 0 aromatic carbocycles. The zero-order chi connectivity index (χ0) is 11.7. The summed E-state index contributed by atoms with van der Waals surface area (Å²) in [5, 5.41) is 4.66. The van der Waals surface area contributed by atoms with Crippen LogP contribution in [0.15, 0.2) is 0 Å². The maximum Gasteiger partial charge on any atom is 0.151 e. The highest BCUT2D eigenvalue weighted by Gasteiger charge is 2.21. The predicted molar refractivity (Wildman–Crippen MR) is 64.8 cm³/mol. The van der Waals surface area contributed by atoms with Gasteiger partial charge >= 0.3 is 0 Å². The average Bonchev–Trinajstić information content (AvgIpc) is 2.71. The molecule has 2 aliphatic rings. The van der Waals surface area contributed by atoms with Crippen molar-refractivity contribution in [3.05, 3.63) is 11.6 Å². The first-order valence-electron chi connectivity index (χ1n) is 6.81. The summed E-state index contributed by atoms with van der Waals surface area (Å²) in [6.07, 6.45) is 5.73. The van der Waals surface area contributed by atoms with E-state index in [-0.39, 0.29) is 0 Å². The van der Waals surface area contributed by atoms with Crippen molar-refractivity contribution >= 4 is 0 Å². The molecule has 0 spiro atoms. The van der Waals surface area contributed by atoms with Gasteiger partial charge in [-0.1, -0.05) is 6.92 Å². The number of aromatic nitrogens is 3. The second kappa shape index (κ2) is 4.77. The van der Waals surface area contributed by atoms with E-state index >= 15 is 0 Å². The third-order valence-corrected chi connectivity index (χ3v) is 3.95. The van der Waals surface area contributed by atoms with Gasteiger partial charge in [-0.2, -0.15) is 5.10 Å². The quantitative estimate of drug-likeness (QED) is 0.785. The number of hydrogen-bond donors (Lipinski definition) is 0. The van der Waals surface area contributed by atoms with Crippen molar-refractivity contribution < 1.29 is 4.74 Å². The molecule has 0 aliphatic carbocycles. The lowest BCUT2D eigenvalue weighted by Crippen LogP contribution is -2.19. The van der Waals surface area contributed by atoms with Crippen LogP contribution >= 0.6 is 0 Å². The maximum absolute atomic E-state index is 5.39. The predicted octanol–water partition coefficient (Wildman–Crippen LogP) is 1.83. The molecule has 0 amide bonds. The molecule has 0 radical (unpaired) electrons. The Kier molecular flexibility index (Phi) is 3.14. The van der Waals surface area contributed by atoms with E-state index in [0.717, 1.165) is 50.3 Å². The van der Waals surface area contributed by atoms with E-state index in [1.807, 2.05) is 0 Å². The average molecular weight is 235 g/mol. The number of nitrogens with zero attached hydrogens (tertiary/aromatic N) is 3. The van der Waals surface area contributed by atoms with E-state index in [1.54, 1.807) is 0 Å². The van der Waals surface area contributed by atoms with Gasteiger partial charge in [-0.05, 0) is 31.1 Å². The molecule has 0 bridgehead atoms. The van der Waals surface area contributed by atoms with Crippen molar-refractivity contribution in [2.75, 3.05) is 13.2 Å². The second-order valence-corrected chi connectivity index (χ2v) is 5.53. The SMILES string of the molecule is CC1CCc2nc(CC3CCOCC3)nn2C1. The van der Waals surface area contributed by atoms with Crippen molar-refractivity contribution in [2.45, 2.75) is 45.6 Å². The molecular formula is C13H21N3O. The molecule has 4 heteroatoms. The summed E-state index contributed by atoms with van der Waals surface area (Å²) in [5.74, 6) is 3.73. The Hall–Kier alpha value is -0.900. The molecule has 1 aromatic rings. The minimum absolute atomic E-state index is 0.727. The summed E-state index contributed by atoms with van der Waals surface area (Å²) in [4.78, 5) is 4.69. The molecule has 1 fully saturated rings. The van der Waals surface area contributed by atoms with Crippen LogP contribution in [-0.2, 0) is 24.1 Å². The third-order valence-electron chi connectivity index (χ3n) is 3.95. The summed E-state index contributed by atoms with van der Waals surface area (Å²) in [6, 6.07) is 0. The van der Waals surface area contributed by atoms with Gasteiger partial charge in [-0.15, -0.1) is 0 Å². The van der Waals surface area contributed by atoms with Crippen LogP contribution in [0.5, 0.6) is 0 Å². The number of hydrogen-bond acceptors (Lipinski definition) is 3. The molecule has 0 N–H and O–H groups in total. The van der Waals surface area contributed by atoms with Crippen LogP contribution in [0.4, 0.5) is 0 Å². The van der Waals surface area contributed by atoms with E-state index in [1.165, 1.54) is 25.1 Å². The van der Waals surface area contributed by atoms with Crippen molar-refractivity contribution in [1.82, 2.24) is 14.8 Å². The monoisotopic (exact) mass is 235 g/mol. The molecule has 1 aromatic heterocycles. The fourth-order valence-electron chi connectivity index (χ4n) is 2.81. The topological polar surface area (TPSA) is 39.9 Å². The number of fused-ring (bicyclic) bond motifs is 1. The van der Waals surface area contributed by atoms with Crippen LogP contribution in [-0.4, -0.2) is 28.0 Å². The van der Waals surface area contributed by atoms with Crippen LogP contribution in [0.2, 0.25) is 0 Å². The van der Waals surface area contributed by atoms with E-state index in [9.17, 15) is 0 Å². The lowest BCUT2D eigenvalue weighted by atomic mass is 9.96. The van der Waals surface area contributed by atoms with Gasteiger partial charge in [0.15, 0.2) is 5.82 Å². The Morgan fingerprint density at radius 2 is 2.12 bits per heavy atom. The normalized spacial score (nSPS) is 25.8. The zero-order valence-electron chi connectivity index (χ0n) is 10.6. The van der Waals surface area contributed by atoms with Crippen LogP contribution in [0.25, 0.3) is 0 Å². The molecule has 1 atom stereocenters. The van der Waals surface area contributed by atoms with Crippen molar-refractivity contribution in [3.8, 4) is 0 Å². The molecule has 3 heterocycles. The Morgan fingerprint density at radius 1 is 1.29 bits per heavy atom. The first-order chi connectivity index (χ1) is 8.31. The smallest absolute Gasteiger partial charge is 0.151 e. The van der Waals surface area contributed by atoms with Gasteiger partial charge in [-0.3, -0.25) is 0 Å². The summed E-state index contributed by atoms with van der Waals surface area (Å²) in [5.41, 5.74) is 0. The molecular weight excluding hydrogens is 214 g/mol. The van der Waals surface area contributed by atoms with Gasteiger partial charge in [-0.25, -0.2) is 9.67 Å². The lowest BCUT2D eigenvalue weighted by molar-refractivity contribution is 0.0659. The second-order valence-electron chi connectivity index (χ2n) is 5.53. The highest BCUT2D eigenvalue weighted by atomic mass is 16.5. The van der Waals surface area contributed by atoms with E-state index in [0.29, 0.717) is 0 Å². The number of ether oxygens (including phenoxy) is 1. The van der Waals surface area contributed by atoms with Gasteiger partial charge in [0.25, 0.3) is 0 Å².